The van der Waals surface area contributed by atoms with E-state index in [1.54, 1.807) is 30.5 Å². The van der Waals surface area contributed by atoms with E-state index in [0.717, 1.165) is 43.9 Å². The SMILES string of the molecule is CCN(CC1CCN(S(=O)(=O)N(C)C)CC1)C(C)Cc1ccc2c(c1)OCCO2.O=C(O[C@@H](C(=O)O)[C@@H](OC(=O)c1ccccc1)C(=O)O)c1ccccc1. The molecule has 5 rings (SSSR count). The summed E-state index contributed by atoms with van der Waals surface area (Å²) in [6, 6.07) is 21.5. The number of likely N-dealkylation sites (N-methyl/N-ethyl adjacent to an activating group) is 1. The topological polar surface area (TPSA) is 190 Å². The van der Waals surface area contributed by atoms with Crippen LogP contribution in [0.2, 0.25) is 0 Å². The van der Waals surface area contributed by atoms with E-state index in [2.05, 4.69) is 30.9 Å². The summed E-state index contributed by atoms with van der Waals surface area (Å²) in [5.41, 5.74) is 1.31. The van der Waals surface area contributed by atoms with Crippen LogP contribution in [-0.2, 0) is 35.7 Å². The van der Waals surface area contributed by atoms with Crippen LogP contribution in [0.15, 0.2) is 78.9 Å². The van der Waals surface area contributed by atoms with Crippen molar-refractivity contribution in [2.24, 2.45) is 5.92 Å². The van der Waals surface area contributed by atoms with Crippen LogP contribution in [0.3, 0.4) is 0 Å². The molecule has 0 amide bonds. The Balaban J connectivity index is 0.000000246. The Labute approximate surface area is 321 Å². The minimum atomic E-state index is -3.29. The molecule has 2 heterocycles. The van der Waals surface area contributed by atoms with Crippen LogP contribution in [0, 0.1) is 5.92 Å². The molecule has 3 atom stereocenters. The second-order valence-corrected chi connectivity index (χ2v) is 15.5. The Hall–Kier alpha value is -5.03. The number of hydrogen-bond acceptors (Lipinski definition) is 11. The fourth-order valence-corrected chi connectivity index (χ4v) is 7.32. The summed E-state index contributed by atoms with van der Waals surface area (Å²) < 4.78 is 48.4. The van der Waals surface area contributed by atoms with Crippen LogP contribution >= 0.6 is 0 Å². The molecule has 2 aliphatic rings. The maximum atomic E-state index is 12.3. The largest absolute Gasteiger partial charge is 0.486 e. The molecule has 1 fully saturated rings. The number of carboxylic acid groups (broad SMARTS) is 2. The first kappa shape index (κ1) is 42.7. The Morgan fingerprint density at radius 2 is 1.29 bits per heavy atom. The van der Waals surface area contributed by atoms with Crippen molar-refractivity contribution in [2.75, 3.05) is 53.5 Å². The summed E-state index contributed by atoms with van der Waals surface area (Å²) in [5, 5.41) is 18.5. The molecule has 3 aromatic carbocycles. The molecule has 16 heteroatoms. The first-order chi connectivity index (χ1) is 26.2. The van der Waals surface area contributed by atoms with Gasteiger partial charge in [0.15, 0.2) is 11.5 Å². The number of benzene rings is 3. The van der Waals surface area contributed by atoms with Gasteiger partial charge in [0, 0.05) is 39.8 Å². The average Bonchev–Trinajstić information content (AvgIpc) is 3.18. The molecular formula is C39H49N3O12S. The smallest absolute Gasteiger partial charge is 0.349 e. The van der Waals surface area contributed by atoms with Gasteiger partial charge in [-0.1, -0.05) is 49.4 Å². The van der Waals surface area contributed by atoms with Crippen LogP contribution in [0.5, 0.6) is 11.5 Å². The lowest BCUT2D eigenvalue weighted by Gasteiger charge is -2.37. The van der Waals surface area contributed by atoms with Gasteiger partial charge in [0.2, 0.25) is 12.2 Å². The highest BCUT2D eigenvalue weighted by Gasteiger charge is 2.41. The molecule has 0 radical (unpaired) electrons. The number of aliphatic carboxylic acids is 2. The third kappa shape index (κ3) is 12.0. The van der Waals surface area contributed by atoms with Crippen molar-refractivity contribution in [3.8, 4) is 11.5 Å². The molecule has 298 valence electrons. The van der Waals surface area contributed by atoms with Crippen molar-refractivity contribution in [2.45, 2.75) is 51.4 Å². The van der Waals surface area contributed by atoms with E-state index in [1.807, 2.05) is 6.07 Å². The molecule has 0 aromatic heterocycles. The first-order valence-corrected chi connectivity index (χ1v) is 19.4. The monoisotopic (exact) mass is 783 g/mol. The van der Waals surface area contributed by atoms with Gasteiger partial charge in [-0.15, -0.1) is 0 Å². The molecule has 1 saturated heterocycles. The van der Waals surface area contributed by atoms with Crippen LogP contribution in [0.1, 0.15) is 53.0 Å². The Bertz CT molecular complexity index is 1780. The second-order valence-electron chi connectivity index (χ2n) is 13.3. The van der Waals surface area contributed by atoms with Crippen molar-refractivity contribution in [3.05, 3.63) is 95.6 Å². The molecule has 2 aliphatic heterocycles. The van der Waals surface area contributed by atoms with Gasteiger partial charge < -0.3 is 34.1 Å². The van der Waals surface area contributed by atoms with Gasteiger partial charge in [0.1, 0.15) is 13.2 Å². The Morgan fingerprint density at radius 1 is 0.800 bits per heavy atom. The number of esters is 2. The maximum Gasteiger partial charge on any atom is 0.349 e. The summed E-state index contributed by atoms with van der Waals surface area (Å²) in [7, 11) is -0.0971. The zero-order valence-electron chi connectivity index (χ0n) is 31.4. The highest BCUT2D eigenvalue weighted by molar-refractivity contribution is 7.86. The molecule has 0 aliphatic carbocycles. The predicted molar refractivity (Wildman–Crippen MR) is 201 cm³/mol. The molecule has 2 N–H and O–H groups in total. The van der Waals surface area contributed by atoms with E-state index in [4.69, 9.17) is 18.9 Å². The number of fused-ring (bicyclic) bond motifs is 1. The van der Waals surface area contributed by atoms with Crippen molar-refractivity contribution in [1.82, 2.24) is 13.5 Å². The normalized spacial score (nSPS) is 16.3. The van der Waals surface area contributed by atoms with E-state index >= 15 is 0 Å². The van der Waals surface area contributed by atoms with Gasteiger partial charge >= 0.3 is 23.9 Å². The fraction of sp³-hybridized carbons (Fsp3) is 0.436. The lowest BCUT2D eigenvalue weighted by Crippen LogP contribution is -2.47. The lowest BCUT2D eigenvalue weighted by atomic mass is 9.96. The molecule has 0 spiro atoms. The summed E-state index contributed by atoms with van der Waals surface area (Å²) >= 11 is 0. The average molecular weight is 784 g/mol. The number of ether oxygens (including phenoxy) is 4. The molecule has 0 bridgehead atoms. The van der Waals surface area contributed by atoms with Gasteiger partial charge in [0.25, 0.3) is 10.2 Å². The highest BCUT2D eigenvalue weighted by atomic mass is 32.2. The third-order valence-corrected chi connectivity index (χ3v) is 11.2. The Kier molecular flexibility index (Phi) is 15.6. The molecule has 15 nitrogen and oxygen atoms in total. The van der Waals surface area contributed by atoms with E-state index in [1.165, 1.54) is 58.4 Å². The van der Waals surface area contributed by atoms with Crippen LogP contribution in [0.25, 0.3) is 0 Å². The molecule has 0 saturated carbocycles. The molecule has 3 aromatic rings. The number of carbonyl (C=O) groups is 4. The van der Waals surface area contributed by atoms with Gasteiger partial charge in [-0.3, -0.25) is 0 Å². The van der Waals surface area contributed by atoms with Gasteiger partial charge in [-0.25, -0.2) is 19.2 Å². The lowest BCUT2D eigenvalue weighted by molar-refractivity contribution is -0.166. The van der Waals surface area contributed by atoms with Crippen molar-refractivity contribution >= 4 is 34.1 Å². The number of rotatable bonds is 15. The van der Waals surface area contributed by atoms with E-state index in [-0.39, 0.29) is 11.1 Å². The third-order valence-electron chi connectivity index (χ3n) is 9.27. The van der Waals surface area contributed by atoms with E-state index in [9.17, 15) is 37.8 Å². The zero-order chi connectivity index (χ0) is 40.1. The molecule has 1 unspecified atom stereocenters. The van der Waals surface area contributed by atoms with Crippen LogP contribution in [0.4, 0.5) is 0 Å². The van der Waals surface area contributed by atoms with Crippen LogP contribution in [-0.4, -0.2) is 128 Å². The minimum Gasteiger partial charge on any atom is -0.486 e. The minimum absolute atomic E-state index is 0.0253. The predicted octanol–water partition coefficient (Wildman–Crippen LogP) is 3.84. The number of carboxylic acids is 2. The van der Waals surface area contributed by atoms with E-state index < -0.39 is 46.3 Å². The van der Waals surface area contributed by atoms with Gasteiger partial charge in [-0.05, 0) is 80.6 Å². The fourth-order valence-electron chi connectivity index (χ4n) is 6.19. The van der Waals surface area contributed by atoms with Gasteiger partial charge in [0.05, 0.1) is 11.1 Å². The van der Waals surface area contributed by atoms with Gasteiger partial charge in [-0.2, -0.15) is 17.0 Å². The van der Waals surface area contributed by atoms with Crippen molar-refractivity contribution in [1.29, 1.82) is 0 Å². The maximum absolute atomic E-state index is 12.3. The quantitative estimate of drug-likeness (QED) is 0.212. The summed E-state index contributed by atoms with van der Waals surface area (Å²) in [6.45, 7) is 8.91. The summed E-state index contributed by atoms with van der Waals surface area (Å²) in [5.74, 6) is -3.42. The van der Waals surface area contributed by atoms with Crippen molar-refractivity contribution < 1.29 is 56.8 Å². The van der Waals surface area contributed by atoms with Crippen molar-refractivity contribution in [3.63, 3.8) is 0 Å². The zero-order valence-corrected chi connectivity index (χ0v) is 32.2. The second kappa shape index (κ2) is 20.0. The number of piperidine rings is 1. The standard InChI is InChI=1S/C21H35N3O4S.C18H14O8/c1-5-23(16-18-8-10-24(11-9-18)29(25,26)22(3)4)17(2)14-19-6-7-20-21(15-19)28-13-12-27-20;19-15(20)13(25-17(23)11-7-3-1-4-8-11)14(16(21)22)26-18(24)12-9-5-2-6-10-12/h6-7,15,17-18H,5,8-14,16H2,1-4H3;1-10,13-14H,(H,19,20)(H,21,22)/t;13-,14-/m.1/s1. The Morgan fingerprint density at radius 3 is 1.75 bits per heavy atom. The molecule has 55 heavy (non-hydrogen) atoms. The molecular weight excluding hydrogens is 735 g/mol. The highest BCUT2D eigenvalue weighted by Crippen LogP contribution is 2.31. The first-order valence-electron chi connectivity index (χ1n) is 18.0. The summed E-state index contributed by atoms with van der Waals surface area (Å²) in [4.78, 5) is 49.4. The van der Waals surface area contributed by atoms with E-state index in [0.29, 0.717) is 38.3 Å². The number of carbonyl (C=O) groups excluding carboxylic acids is 2. The number of nitrogens with zero attached hydrogens (tertiary/aromatic N) is 3. The van der Waals surface area contributed by atoms with Crippen LogP contribution < -0.4 is 9.47 Å². The number of hydrogen-bond donors (Lipinski definition) is 2. The summed E-state index contributed by atoms with van der Waals surface area (Å²) in [6.07, 6.45) is -1.64.